The van der Waals surface area contributed by atoms with Gasteiger partial charge in [-0.3, -0.25) is 4.79 Å². The molecule has 0 fully saturated rings. The molecule has 24 heavy (non-hydrogen) atoms. The minimum Gasteiger partial charge on any atom is -0.457 e. The summed E-state index contributed by atoms with van der Waals surface area (Å²) in [6, 6.07) is 26.5. The van der Waals surface area contributed by atoms with Gasteiger partial charge in [0.1, 0.15) is 11.5 Å². The van der Waals surface area contributed by atoms with Crippen molar-refractivity contribution < 1.29 is 9.53 Å². The first-order valence-corrected chi connectivity index (χ1v) is 7.91. The average molecular weight is 317 g/mol. The summed E-state index contributed by atoms with van der Waals surface area (Å²) in [5, 5.41) is 3.01. The van der Waals surface area contributed by atoms with E-state index in [0.717, 1.165) is 11.3 Å². The number of benzene rings is 3. The maximum atomic E-state index is 12.5. The molecule has 0 saturated heterocycles. The molecule has 0 aliphatic carbocycles. The predicted molar refractivity (Wildman–Crippen MR) is 95.3 cm³/mol. The molecule has 3 nitrogen and oxygen atoms in total. The molecule has 3 aromatic rings. The Kier molecular flexibility index (Phi) is 4.92. The van der Waals surface area contributed by atoms with Gasteiger partial charge in [0.15, 0.2) is 0 Å². The third-order valence-corrected chi connectivity index (χ3v) is 3.72. The molecule has 0 aliphatic heterocycles. The maximum absolute atomic E-state index is 12.5. The summed E-state index contributed by atoms with van der Waals surface area (Å²) >= 11 is 0. The Labute approximate surface area is 141 Å². The number of nitrogens with one attached hydrogen (secondary N) is 1. The Balaban J connectivity index is 1.70. The number of hydrogen-bond donors (Lipinski definition) is 1. The quantitative estimate of drug-likeness (QED) is 0.721. The summed E-state index contributed by atoms with van der Waals surface area (Å²) in [6.45, 7) is 1.97. The van der Waals surface area contributed by atoms with Crippen LogP contribution < -0.4 is 10.1 Å². The molecule has 0 aromatic heterocycles. The number of carbonyl (C=O) groups is 1. The fraction of sp³-hybridized carbons (Fsp3) is 0.0952. The van der Waals surface area contributed by atoms with E-state index >= 15 is 0 Å². The Morgan fingerprint density at radius 3 is 2.17 bits per heavy atom. The largest absolute Gasteiger partial charge is 0.457 e. The predicted octanol–water partition coefficient (Wildman–Crippen LogP) is 4.97. The number of amides is 1. The molecular weight excluding hydrogens is 298 g/mol. The maximum Gasteiger partial charge on any atom is 0.251 e. The standard InChI is InChI=1S/C21H19NO2/c1-16(17-9-4-2-5-10-17)22-21(23)18-11-8-14-20(15-18)24-19-12-6-3-7-13-19/h2-16H,1H3,(H,22,23)/t16-/m1/s1. The molecule has 0 bridgehead atoms. The number of hydrogen-bond acceptors (Lipinski definition) is 2. The molecule has 120 valence electrons. The van der Waals surface area contributed by atoms with Crippen molar-refractivity contribution in [2.75, 3.05) is 0 Å². The van der Waals surface area contributed by atoms with Crippen molar-refractivity contribution in [3.63, 3.8) is 0 Å². The van der Waals surface area contributed by atoms with E-state index in [1.807, 2.05) is 79.7 Å². The second-order valence-corrected chi connectivity index (χ2v) is 5.55. The fourth-order valence-corrected chi connectivity index (χ4v) is 2.43. The fourth-order valence-electron chi connectivity index (χ4n) is 2.43. The highest BCUT2D eigenvalue weighted by Crippen LogP contribution is 2.22. The highest BCUT2D eigenvalue weighted by atomic mass is 16.5. The SMILES string of the molecule is C[C@@H](NC(=O)c1cccc(Oc2ccccc2)c1)c1ccccc1. The number of para-hydroxylation sites is 1. The first-order chi connectivity index (χ1) is 11.7. The third-order valence-electron chi connectivity index (χ3n) is 3.72. The number of ether oxygens (including phenoxy) is 1. The molecule has 3 rings (SSSR count). The third kappa shape index (κ3) is 4.02. The van der Waals surface area contributed by atoms with Crippen LogP contribution in [0.25, 0.3) is 0 Å². The Hall–Kier alpha value is -3.07. The van der Waals surface area contributed by atoms with E-state index < -0.39 is 0 Å². The highest BCUT2D eigenvalue weighted by molar-refractivity contribution is 5.94. The topological polar surface area (TPSA) is 38.3 Å². The van der Waals surface area contributed by atoms with Gasteiger partial charge in [-0.2, -0.15) is 0 Å². The van der Waals surface area contributed by atoms with Gasteiger partial charge in [-0.1, -0.05) is 54.6 Å². The van der Waals surface area contributed by atoms with E-state index in [1.54, 1.807) is 12.1 Å². The van der Waals surface area contributed by atoms with Crippen LogP contribution >= 0.6 is 0 Å². The smallest absolute Gasteiger partial charge is 0.251 e. The molecule has 0 spiro atoms. The van der Waals surface area contributed by atoms with Gasteiger partial charge in [-0.15, -0.1) is 0 Å². The van der Waals surface area contributed by atoms with Crippen LogP contribution in [0.15, 0.2) is 84.9 Å². The van der Waals surface area contributed by atoms with Crippen LogP contribution in [-0.4, -0.2) is 5.91 Å². The average Bonchev–Trinajstić information content (AvgIpc) is 2.63. The zero-order valence-electron chi connectivity index (χ0n) is 13.5. The molecule has 3 heteroatoms. The summed E-state index contributed by atoms with van der Waals surface area (Å²) in [4.78, 5) is 12.5. The van der Waals surface area contributed by atoms with Crippen molar-refractivity contribution in [1.82, 2.24) is 5.32 Å². The lowest BCUT2D eigenvalue weighted by atomic mass is 10.1. The van der Waals surface area contributed by atoms with E-state index in [0.29, 0.717) is 11.3 Å². The van der Waals surface area contributed by atoms with E-state index in [-0.39, 0.29) is 11.9 Å². The lowest BCUT2D eigenvalue weighted by molar-refractivity contribution is 0.0939. The van der Waals surface area contributed by atoms with Crippen LogP contribution in [0.4, 0.5) is 0 Å². The Morgan fingerprint density at radius 2 is 1.46 bits per heavy atom. The molecule has 0 aliphatic rings. The summed E-state index contributed by atoms with van der Waals surface area (Å²) in [5.74, 6) is 1.26. The molecule has 0 radical (unpaired) electrons. The number of rotatable bonds is 5. The number of carbonyl (C=O) groups excluding carboxylic acids is 1. The second-order valence-electron chi connectivity index (χ2n) is 5.55. The summed E-state index contributed by atoms with van der Waals surface area (Å²) in [6.07, 6.45) is 0. The molecule has 0 saturated carbocycles. The zero-order chi connectivity index (χ0) is 16.8. The minimum absolute atomic E-state index is 0.0580. The van der Waals surface area contributed by atoms with Gasteiger partial charge in [-0.05, 0) is 42.8 Å². The van der Waals surface area contributed by atoms with Crippen LogP contribution in [0.2, 0.25) is 0 Å². The van der Waals surface area contributed by atoms with Crippen LogP contribution in [0.1, 0.15) is 28.9 Å². The molecule has 0 heterocycles. The van der Waals surface area contributed by atoms with Gasteiger partial charge in [0.2, 0.25) is 0 Å². The van der Waals surface area contributed by atoms with Gasteiger partial charge in [0.05, 0.1) is 6.04 Å². The first kappa shape index (κ1) is 15.8. The van der Waals surface area contributed by atoms with Crippen molar-refractivity contribution >= 4 is 5.91 Å². The van der Waals surface area contributed by atoms with Crippen LogP contribution in [0, 0.1) is 0 Å². The normalized spacial score (nSPS) is 11.5. The molecule has 1 N–H and O–H groups in total. The van der Waals surface area contributed by atoms with Crippen molar-refractivity contribution in [2.45, 2.75) is 13.0 Å². The zero-order valence-corrected chi connectivity index (χ0v) is 13.5. The van der Waals surface area contributed by atoms with Gasteiger partial charge in [-0.25, -0.2) is 0 Å². The molecule has 1 atom stereocenters. The van der Waals surface area contributed by atoms with E-state index in [9.17, 15) is 4.79 Å². The van der Waals surface area contributed by atoms with Crippen molar-refractivity contribution in [1.29, 1.82) is 0 Å². The van der Waals surface area contributed by atoms with E-state index in [1.165, 1.54) is 0 Å². The molecular formula is C21H19NO2. The molecule has 3 aromatic carbocycles. The highest BCUT2D eigenvalue weighted by Gasteiger charge is 2.12. The van der Waals surface area contributed by atoms with Gasteiger partial charge in [0, 0.05) is 5.56 Å². The lowest BCUT2D eigenvalue weighted by Gasteiger charge is -2.14. The monoisotopic (exact) mass is 317 g/mol. The first-order valence-electron chi connectivity index (χ1n) is 7.91. The van der Waals surface area contributed by atoms with Crippen molar-refractivity contribution in [3.05, 3.63) is 96.1 Å². The van der Waals surface area contributed by atoms with Crippen molar-refractivity contribution in [2.24, 2.45) is 0 Å². The second kappa shape index (κ2) is 7.47. The van der Waals surface area contributed by atoms with Crippen LogP contribution in [0.5, 0.6) is 11.5 Å². The van der Waals surface area contributed by atoms with E-state index in [4.69, 9.17) is 4.74 Å². The Morgan fingerprint density at radius 1 is 0.833 bits per heavy atom. The van der Waals surface area contributed by atoms with Crippen molar-refractivity contribution in [3.8, 4) is 11.5 Å². The van der Waals surface area contributed by atoms with Gasteiger partial charge in [0.25, 0.3) is 5.91 Å². The summed E-state index contributed by atoms with van der Waals surface area (Å²) in [5.41, 5.74) is 1.65. The van der Waals surface area contributed by atoms with Gasteiger partial charge < -0.3 is 10.1 Å². The van der Waals surface area contributed by atoms with Crippen LogP contribution in [0.3, 0.4) is 0 Å². The summed E-state index contributed by atoms with van der Waals surface area (Å²) in [7, 11) is 0. The molecule has 1 amide bonds. The van der Waals surface area contributed by atoms with Gasteiger partial charge >= 0.3 is 0 Å². The van der Waals surface area contributed by atoms with Crippen LogP contribution in [-0.2, 0) is 0 Å². The molecule has 0 unspecified atom stereocenters. The van der Waals surface area contributed by atoms with E-state index in [2.05, 4.69) is 5.32 Å². The summed E-state index contributed by atoms with van der Waals surface area (Å²) < 4.78 is 5.78. The Bertz CT molecular complexity index is 800. The minimum atomic E-state index is -0.120. The lowest BCUT2D eigenvalue weighted by Crippen LogP contribution is -2.26.